The highest BCUT2D eigenvalue weighted by Gasteiger charge is 2.16. The van der Waals surface area contributed by atoms with Crippen LogP contribution in [0.3, 0.4) is 0 Å². The zero-order valence-electron chi connectivity index (χ0n) is 16.0. The highest BCUT2D eigenvalue weighted by atomic mass is 35.5. The molecule has 0 saturated carbocycles. The fraction of sp³-hybridized carbons (Fsp3) is 0.429. The number of nitrogens with one attached hydrogen (secondary N) is 1. The Labute approximate surface area is 166 Å². The standard InChI is InChI=1S/C21H27ClN4O/c1-3-4-15-26-21(22)17(16(2)24-26)11-12-20(27)23-18-9-5-6-10-19(18)25-13-7-8-14-25/h5-6,9-12H,3-4,7-8,13-15H2,1-2H3,(H,23,27)/b12-11-. The average molecular weight is 387 g/mol. The lowest BCUT2D eigenvalue weighted by Crippen LogP contribution is -2.20. The molecule has 1 aliphatic heterocycles. The Hall–Kier alpha value is -2.27. The molecule has 6 heteroatoms. The van der Waals surface area contributed by atoms with Gasteiger partial charge >= 0.3 is 0 Å². The van der Waals surface area contributed by atoms with Crippen LogP contribution in [0, 0.1) is 6.92 Å². The van der Waals surface area contributed by atoms with Gasteiger partial charge in [-0.05, 0) is 44.4 Å². The number of rotatable bonds is 7. The summed E-state index contributed by atoms with van der Waals surface area (Å²) in [5, 5.41) is 8.06. The van der Waals surface area contributed by atoms with E-state index in [1.165, 1.54) is 18.9 Å². The van der Waals surface area contributed by atoms with E-state index in [2.05, 4.69) is 28.3 Å². The maximum atomic E-state index is 12.5. The molecule has 1 N–H and O–H groups in total. The van der Waals surface area contributed by atoms with Crippen LogP contribution in [0.25, 0.3) is 6.08 Å². The van der Waals surface area contributed by atoms with Gasteiger partial charge in [-0.25, -0.2) is 0 Å². The van der Waals surface area contributed by atoms with E-state index in [-0.39, 0.29) is 5.91 Å². The third-order valence-corrected chi connectivity index (χ3v) is 5.24. The van der Waals surface area contributed by atoms with Crippen LogP contribution >= 0.6 is 11.6 Å². The number of aryl methyl sites for hydroxylation is 2. The minimum atomic E-state index is -0.168. The van der Waals surface area contributed by atoms with Gasteiger partial charge in [0, 0.05) is 31.3 Å². The molecule has 0 unspecified atom stereocenters. The number of hydrogen-bond donors (Lipinski definition) is 1. The number of para-hydroxylation sites is 2. The van der Waals surface area contributed by atoms with E-state index in [1.807, 2.05) is 25.1 Å². The van der Waals surface area contributed by atoms with Gasteiger partial charge in [0.2, 0.25) is 5.91 Å². The van der Waals surface area contributed by atoms with Gasteiger partial charge < -0.3 is 10.2 Å². The first-order valence-electron chi connectivity index (χ1n) is 9.66. The molecule has 144 valence electrons. The van der Waals surface area contributed by atoms with Crippen LogP contribution < -0.4 is 10.2 Å². The maximum Gasteiger partial charge on any atom is 0.248 e. The molecule has 3 rings (SSSR count). The number of halogens is 1. The molecule has 1 aliphatic rings. The van der Waals surface area contributed by atoms with E-state index in [0.29, 0.717) is 5.15 Å². The van der Waals surface area contributed by atoms with Crippen LogP contribution in [-0.4, -0.2) is 28.8 Å². The summed E-state index contributed by atoms with van der Waals surface area (Å²) >= 11 is 6.43. The number of hydrogen-bond acceptors (Lipinski definition) is 3. The fourth-order valence-corrected chi connectivity index (χ4v) is 3.68. The molecular formula is C21H27ClN4O. The number of carbonyl (C=O) groups is 1. The zero-order valence-corrected chi connectivity index (χ0v) is 16.8. The molecule has 0 aliphatic carbocycles. The molecule has 27 heavy (non-hydrogen) atoms. The Balaban J connectivity index is 1.71. The van der Waals surface area contributed by atoms with Crippen molar-refractivity contribution in [2.75, 3.05) is 23.3 Å². The number of carbonyl (C=O) groups excluding carboxylic acids is 1. The second-order valence-electron chi connectivity index (χ2n) is 6.90. The molecule has 0 spiro atoms. The fourth-order valence-electron chi connectivity index (χ4n) is 3.36. The summed E-state index contributed by atoms with van der Waals surface area (Å²) in [7, 11) is 0. The highest BCUT2D eigenvalue weighted by Crippen LogP contribution is 2.28. The zero-order chi connectivity index (χ0) is 19.2. The molecular weight excluding hydrogens is 360 g/mol. The molecule has 0 bridgehead atoms. The third kappa shape index (κ3) is 4.72. The highest BCUT2D eigenvalue weighted by molar-refractivity contribution is 6.31. The van der Waals surface area contributed by atoms with Crippen LogP contribution in [0.2, 0.25) is 5.15 Å². The van der Waals surface area contributed by atoms with Crippen LogP contribution in [0.1, 0.15) is 43.9 Å². The lowest BCUT2D eigenvalue weighted by atomic mass is 10.2. The number of nitrogens with zero attached hydrogens (tertiary/aromatic N) is 3. The minimum absolute atomic E-state index is 0.168. The van der Waals surface area contributed by atoms with Gasteiger partial charge in [0.25, 0.3) is 0 Å². The largest absolute Gasteiger partial charge is 0.370 e. The topological polar surface area (TPSA) is 50.2 Å². The molecule has 0 atom stereocenters. The average Bonchev–Trinajstić information content (AvgIpc) is 3.28. The van der Waals surface area contributed by atoms with Crippen molar-refractivity contribution in [1.82, 2.24) is 9.78 Å². The van der Waals surface area contributed by atoms with Crippen molar-refractivity contribution in [2.45, 2.75) is 46.1 Å². The van der Waals surface area contributed by atoms with Crippen molar-refractivity contribution in [1.29, 1.82) is 0 Å². The second-order valence-corrected chi connectivity index (χ2v) is 7.26. The van der Waals surface area contributed by atoms with E-state index in [1.54, 1.807) is 10.8 Å². The number of amides is 1. The van der Waals surface area contributed by atoms with Gasteiger partial charge in [-0.15, -0.1) is 0 Å². The van der Waals surface area contributed by atoms with Crippen molar-refractivity contribution >= 4 is 35.0 Å². The Bertz CT molecular complexity index is 822. The van der Waals surface area contributed by atoms with Gasteiger partial charge in [0.05, 0.1) is 17.1 Å². The van der Waals surface area contributed by atoms with E-state index in [0.717, 1.165) is 55.1 Å². The summed E-state index contributed by atoms with van der Waals surface area (Å²) in [5.74, 6) is -0.168. The summed E-state index contributed by atoms with van der Waals surface area (Å²) in [6, 6.07) is 7.95. The predicted octanol–water partition coefficient (Wildman–Crippen LogP) is 4.90. The van der Waals surface area contributed by atoms with Crippen molar-refractivity contribution in [2.24, 2.45) is 0 Å². The molecule has 1 amide bonds. The Morgan fingerprint density at radius 1 is 1.30 bits per heavy atom. The van der Waals surface area contributed by atoms with E-state index in [9.17, 15) is 4.79 Å². The first kappa shape index (κ1) is 19.5. The summed E-state index contributed by atoms with van der Waals surface area (Å²) in [6.07, 6.45) is 7.78. The summed E-state index contributed by atoms with van der Waals surface area (Å²) in [6.45, 7) is 6.91. The molecule has 2 heterocycles. The quantitative estimate of drug-likeness (QED) is 0.688. The van der Waals surface area contributed by atoms with Crippen molar-refractivity contribution in [3.63, 3.8) is 0 Å². The first-order valence-corrected chi connectivity index (χ1v) is 10.0. The Morgan fingerprint density at radius 2 is 2.04 bits per heavy atom. The number of benzene rings is 1. The molecule has 1 saturated heterocycles. The van der Waals surface area contributed by atoms with Crippen LogP contribution in [0.5, 0.6) is 0 Å². The van der Waals surface area contributed by atoms with Gasteiger partial charge in [-0.1, -0.05) is 37.1 Å². The van der Waals surface area contributed by atoms with E-state index >= 15 is 0 Å². The second kappa shape index (κ2) is 9.09. The summed E-state index contributed by atoms with van der Waals surface area (Å²) in [5.41, 5.74) is 3.56. The lowest BCUT2D eigenvalue weighted by molar-refractivity contribution is -0.111. The number of aromatic nitrogens is 2. The lowest BCUT2D eigenvalue weighted by Gasteiger charge is -2.21. The number of anilines is 2. The molecule has 1 aromatic heterocycles. The first-order chi connectivity index (χ1) is 13.1. The Kier molecular flexibility index (Phi) is 6.56. The van der Waals surface area contributed by atoms with Crippen molar-refractivity contribution in [3.8, 4) is 0 Å². The van der Waals surface area contributed by atoms with Gasteiger partial charge in [-0.3, -0.25) is 9.48 Å². The van der Waals surface area contributed by atoms with E-state index in [4.69, 9.17) is 11.6 Å². The summed E-state index contributed by atoms with van der Waals surface area (Å²) in [4.78, 5) is 14.8. The van der Waals surface area contributed by atoms with Gasteiger partial charge in [0.1, 0.15) is 5.15 Å². The van der Waals surface area contributed by atoms with E-state index < -0.39 is 0 Å². The summed E-state index contributed by atoms with van der Waals surface area (Å²) < 4.78 is 1.81. The molecule has 1 aromatic carbocycles. The number of unbranched alkanes of at least 4 members (excludes halogenated alkanes) is 1. The molecule has 5 nitrogen and oxygen atoms in total. The maximum absolute atomic E-state index is 12.5. The van der Waals surface area contributed by atoms with Crippen LogP contribution in [0.4, 0.5) is 11.4 Å². The minimum Gasteiger partial charge on any atom is -0.370 e. The molecule has 2 aromatic rings. The predicted molar refractivity (Wildman–Crippen MR) is 112 cm³/mol. The van der Waals surface area contributed by atoms with Crippen LogP contribution in [0.15, 0.2) is 30.3 Å². The van der Waals surface area contributed by atoms with Crippen molar-refractivity contribution in [3.05, 3.63) is 46.8 Å². The molecule has 1 fully saturated rings. The smallest absolute Gasteiger partial charge is 0.248 e. The third-order valence-electron chi connectivity index (χ3n) is 4.84. The molecule has 0 radical (unpaired) electrons. The van der Waals surface area contributed by atoms with Gasteiger partial charge in [-0.2, -0.15) is 5.10 Å². The SMILES string of the molecule is CCCCn1nc(C)c(/C=C\C(=O)Nc2ccccc2N2CCCC2)c1Cl. The normalized spacial score (nSPS) is 14.3. The monoisotopic (exact) mass is 386 g/mol. The van der Waals surface area contributed by atoms with Gasteiger partial charge in [0.15, 0.2) is 0 Å². The van der Waals surface area contributed by atoms with Crippen molar-refractivity contribution < 1.29 is 4.79 Å². The van der Waals surface area contributed by atoms with Crippen LogP contribution in [-0.2, 0) is 11.3 Å². The Morgan fingerprint density at radius 3 is 2.78 bits per heavy atom.